The first-order valence-electron chi connectivity index (χ1n) is 7.54. The number of rotatable bonds is 5. The van der Waals surface area contributed by atoms with Crippen LogP contribution in [0.5, 0.6) is 5.75 Å². The van der Waals surface area contributed by atoms with E-state index in [0.29, 0.717) is 16.0 Å². The van der Waals surface area contributed by atoms with Gasteiger partial charge in [-0.05, 0) is 43.3 Å². The van der Waals surface area contributed by atoms with Gasteiger partial charge in [0.1, 0.15) is 5.75 Å². The maximum atomic E-state index is 9.12. The first-order chi connectivity index (χ1) is 12.1. The maximum Gasteiger partial charge on any atom is 0.197 e. The lowest BCUT2D eigenvalue weighted by atomic mass is 10.2. The van der Waals surface area contributed by atoms with Crippen LogP contribution in [0.1, 0.15) is 6.92 Å². The zero-order valence-corrected chi connectivity index (χ0v) is 15.3. The fourth-order valence-electron chi connectivity index (χ4n) is 2.30. The molecule has 5 nitrogen and oxygen atoms in total. The molecule has 0 aliphatic carbocycles. The molecule has 0 saturated carbocycles. The molecule has 2 aromatic carbocycles. The van der Waals surface area contributed by atoms with E-state index in [1.54, 1.807) is 7.11 Å². The van der Waals surface area contributed by atoms with Gasteiger partial charge in [0.2, 0.25) is 0 Å². The van der Waals surface area contributed by atoms with Gasteiger partial charge in [-0.25, -0.2) is 0 Å². The van der Waals surface area contributed by atoms with E-state index in [2.05, 4.69) is 16.3 Å². The maximum absolute atomic E-state index is 9.12. The van der Waals surface area contributed by atoms with Crippen LogP contribution in [0.15, 0.2) is 53.7 Å². The number of thioether (sulfide) groups is 1. The number of benzene rings is 2. The first kappa shape index (κ1) is 17.3. The van der Waals surface area contributed by atoms with Crippen LogP contribution in [0.3, 0.4) is 0 Å². The van der Waals surface area contributed by atoms with E-state index < -0.39 is 0 Å². The largest absolute Gasteiger partial charge is 0.497 e. The standard InChI is InChI=1S/C18H15ClN4OS/c1-12(11-20)25-18-22-21-17(13-4-3-5-16(10-13)24-2)23(18)15-8-6-14(19)7-9-15/h3-10,12H,1-2H3/t12-/m1/s1. The molecular formula is C18H15ClN4OS. The summed E-state index contributed by atoms with van der Waals surface area (Å²) in [4.78, 5) is 0. The van der Waals surface area contributed by atoms with Crippen molar-refractivity contribution in [2.45, 2.75) is 17.3 Å². The number of methoxy groups -OCH3 is 1. The van der Waals surface area contributed by atoms with Gasteiger partial charge < -0.3 is 4.74 Å². The molecule has 0 N–H and O–H groups in total. The predicted octanol–water partition coefficient (Wildman–Crippen LogP) is 4.60. The fourth-order valence-corrected chi connectivity index (χ4v) is 3.18. The van der Waals surface area contributed by atoms with Gasteiger partial charge in [0.25, 0.3) is 0 Å². The van der Waals surface area contributed by atoms with Crippen molar-refractivity contribution in [3.63, 3.8) is 0 Å². The summed E-state index contributed by atoms with van der Waals surface area (Å²) < 4.78 is 7.22. The average Bonchev–Trinajstić information content (AvgIpc) is 3.05. The molecule has 0 fully saturated rings. The van der Waals surface area contributed by atoms with Crippen molar-refractivity contribution in [1.29, 1.82) is 5.26 Å². The summed E-state index contributed by atoms with van der Waals surface area (Å²) in [7, 11) is 1.62. The van der Waals surface area contributed by atoms with Crippen molar-refractivity contribution in [2.24, 2.45) is 0 Å². The van der Waals surface area contributed by atoms with Gasteiger partial charge in [0.15, 0.2) is 11.0 Å². The quantitative estimate of drug-likeness (QED) is 0.614. The second-order valence-corrected chi connectivity index (χ2v) is 6.98. The van der Waals surface area contributed by atoms with Crippen molar-refractivity contribution >= 4 is 23.4 Å². The van der Waals surface area contributed by atoms with E-state index in [0.717, 1.165) is 17.0 Å². The highest BCUT2D eigenvalue weighted by Gasteiger charge is 2.18. The minimum Gasteiger partial charge on any atom is -0.497 e. The SMILES string of the molecule is COc1cccc(-c2nnc(S[C@H](C)C#N)n2-c2ccc(Cl)cc2)c1. The zero-order chi connectivity index (χ0) is 17.8. The molecule has 1 aromatic heterocycles. The molecule has 0 unspecified atom stereocenters. The monoisotopic (exact) mass is 370 g/mol. The van der Waals surface area contributed by atoms with Crippen LogP contribution in [-0.4, -0.2) is 27.1 Å². The third-order valence-electron chi connectivity index (χ3n) is 3.51. The number of halogens is 1. The highest BCUT2D eigenvalue weighted by Crippen LogP contribution is 2.31. The molecule has 25 heavy (non-hydrogen) atoms. The summed E-state index contributed by atoms with van der Waals surface area (Å²) in [5, 5.41) is 18.8. The molecule has 0 amide bonds. The van der Waals surface area contributed by atoms with E-state index in [4.69, 9.17) is 21.6 Å². The molecule has 1 heterocycles. The first-order valence-corrected chi connectivity index (χ1v) is 8.80. The summed E-state index contributed by atoms with van der Waals surface area (Å²) >= 11 is 7.37. The topological polar surface area (TPSA) is 63.7 Å². The van der Waals surface area contributed by atoms with Gasteiger partial charge in [0, 0.05) is 16.3 Å². The summed E-state index contributed by atoms with van der Waals surface area (Å²) in [6.07, 6.45) is 0. The molecule has 0 bridgehead atoms. The van der Waals surface area contributed by atoms with Crippen LogP contribution in [-0.2, 0) is 0 Å². The summed E-state index contributed by atoms with van der Waals surface area (Å²) in [5.74, 6) is 1.41. The molecule has 0 radical (unpaired) electrons. The fraction of sp³-hybridized carbons (Fsp3) is 0.167. The minimum absolute atomic E-state index is 0.242. The van der Waals surface area contributed by atoms with Gasteiger partial charge in [-0.2, -0.15) is 5.26 Å². The lowest BCUT2D eigenvalue weighted by Crippen LogP contribution is -2.02. The van der Waals surface area contributed by atoms with Crippen molar-refractivity contribution < 1.29 is 4.74 Å². The number of nitrogens with zero attached hydrogens (tertiary/aromatic N) is 4. The molecule has 0 saturated heterocycles. The number of nitriles is 1. The van der Waals surface area contributed by atoms with Crippen molar-refractivity contribution in [3.05, 3.63) is 53.6 Å². The lowest BCUT2D eigenvalue weighted by Gasteiger charge is -2.11. The molecular weight excluding hydrogens is 356 g/mol. The molecule has 7 heteroatoms. The molecule has 1 atom stereocenters. The van der Waals surface area contributed by atoms with Gasteiger partial charge in [-0.3, -0.25) is 4.57 Å². The summed E-state index contributed by atoms with van der Waals surface area (Å²) in [6, 6.07) is 17.3. The van der Waals surface area contributed by atoms with Crippen LogP contribution in [0.25, 0.3) is 17.1 Å². The molecule has 0 spiro atoms. The average molecular weight is 371 g/mol. The molecule has 0 aliphatic heterocycles. The van der Waals surface area contributed by atoms with Crippen LogP contribution in [0, 0.1) is 11.3 Å². The molecule has 126 valence electrons. The van der Waals surface area contributed by atoms with E-state index in [9.17, 15) is 0 Å². The Morgan fingerprint density at radius 1 is 1.20 bits per heavy atom. The van der Waals surface area contributed by atoms with Crippen LogP contribution >= 0.6 is 23.4 Å². The second-order valence-electron chi connectivity index (χ2n) is 5.24. The highest BCUT2D eigenvalue weighted by atomic mass is 35.5. The Kier molecular flexibility index (Phi) is 5.27. The summed E-state index contributed by atoms with van der Waals surface area (Å²) in [6.45, 7) is 1.83. The number of aromatic nitrogens is 3. The lowest BCUT2D eigenvalue weighted by molar-refractivity contribution is 0.415. The Balaban J connectivity index is 2.15. The van der Waals surface area contributed by atoms with E-state index in [1.165, 1.54) is 11.8 Å². The third kappa shape index (κ3) is 3.78. The van der Waals surface area contributed by atoms with Crippen LogP contribution < -0.4 is 4.74 Å². The number of hydrogen-bond donors (Lipinski definition) is 0. The van der Waals surface area contributed by atoms with Gasteiger partial charge in [-0.1, -0.05) is 35.5 Å². The van der Waals surface area contributed by atoms with Crippen LogP contribution in [0.2, 0.25) is 5.02 Å². The Morgan fingerprint density at radius 3 is 2.64 bits per heavy atom. The minimum atomic E-state index is -0.242. The van der Waals surface area contributed by atoms with Crippen molar-refractivity contribution in [3.8, 4) is 28.9 Å². The van der Waals surface area contributed by atoms with E-state index >= 15 is 0 Å². The zero-order valence-electron chi connectivity index (χ0n) is 13.7. The van der Waals surface area contributed by atoms with E-state index in [1.807, 2.05) is 60.0 Å². The number of ether oxygens (including phenoxy) is 1. The molecule has 0 aliphatic rings. The normalized spacial score (nSPS) is 11.8. The Labute approximate surface area is 155 Å². The Bertz CT molecular complexity index is 918. The van der Waals surface area contributed by atoms with Gasteiger partial charge in [0.05, 0.1) is 18.4 Å². The second kappa shape index (κ2) is 7.60. The third-order valence-corrected chi connectivity index (χ3v) is 4.70. The number of hydrogen-bond acceptors (Lipinski definition) is 5. The smallest absolute Gasteiger partial charge is 0.197 e. The van der Waals surface area contributed by atoms with Gasteiger partial charge in [-0.15, -0.1) is 10.2 Å². The van der Waals surface area contributed by atoms with Crippen molar-refractivity contribution in [2.75, 3.05) is 7.11 Å². The Hall–Kier alpha value is -2.49. The highest BCUT2D eigenvalue weighted by molar-refractivity contribution is 8.00. The Morgan fingerprint density at radius 2 is 1.96 bits per heavy atom. The van der Waals surface area contributed by atoms with Crippen molar-refractivity contribution in [1.82, 2.24) is 14.8 Å². The summed E-state index contributed by atoms with van der Waals surface area (Å²) in [5.41, 5.74) is 1.75. The predicted molar refractivity (Wildman–Crippen MR) is 99.3 cm³/mol. The van der Waals surface area contributed by atoms with Crippen LogP contribution in [0.4, 0.5) is 0 Å². The molecule has 3 aromatic rings. The van der Waals surface area contributed by atoms with Gasteiger partial charge >= 0.3 is 0 Å². The van der Waals surface area contributed by atoms with E-state index in [-0.39, 0.29) is 5.25 Å². The molecule has 3 rings (SSSR count).